The molecular weight excluding hydrogens is 372 g/mol. The van der Waals surface area contributed by atoms with E-state index in [1.165, 1.54) is 40.6 Å². The summed E-state index contributed by atoms with van der Waals surface area (Å²) < 4.78 is 35.0. The third-order valence-electron chi connectivity index (χ3n) is 4.57. The van der Waals surface area contributed by atoms with Crippen LogP contribution in [0.2, 0.25) is 0 Å². The molecule has 9 nitrogen and oxygen atoms in total. The van der Waals surface area contributed by atoms with Crippen LogP contribution in [0.1, 0.15) is 24.5 Å². The number of aryl methyl sites for hydroxylation is 1. The first-order valence-electron chi connectivity index (χ1n) is 8.52. The van der Waals surface area contributed by atoms with E-state index in [9.17, 15) is 18.0 Å². The van der Waals surface area contributed by atoms with Gasteiger partial charge in [0.1, 0.15) is 0 Å². The molecule has 0 saturated heterocycles. The molecule has 27 heavy (non-hydrogen) atoms. The van der Waals surface area contributed by atoms with Crippen LogP contribution in [0.15, 0.2) is 49.2 Å². The number of sulfonamides is 1. The molecule has 0 radical (unpaired) electrons. The number of rotatable bonds is 6. The Hall–Kier alpha value is -2.72. The van der Waals surface area contributed by atoms with Crippen molar-refractivity contribution in [2.75, 3.05) is 6.54 Å². The Morgan fingerprint density at radius 3 is 2.74 bits per heavy atom. The molecule has 0 unspecified atom stereocenters. The Labute approximate surface area is 154 Å². The van der Waals surface area contributed by atoms with E-state index in [0.717, 1.165) is 18.5 Å². The number of nitrogens with one attached hydrogen (secondary N) is 1. The Morgan fingerprint density at radius 2 is 2.00 bits per heavy atom. The van der Waals surface area contributed by atoms with Gasteiger partial charge in [-0.05, 0) is 37.1 Å². The van der Waals surface area contributed by atoms with Crippen LogP contribution in [0.4, 0.5) is 0 Å². The zero-order valence-corrected chi connectivity index (χ0v) is 15.4. The summed E-state index contributed by atoms with van der Waals surface area (Å²) in [5.41, 5.74) is 1.30. The lowest BCUT2D eigenvalue weighted by molar-refractivity contribution is 0.528. The van der Waals surface area contributed by atoms with Crippen LogP contribution < -0.4 is 16.0 Å². The number of benzene rings is 1. The molecule has 2 heterocycles. The topological polar surface area (TPSA) is 116 Å². The number of fused-ring (bicyclic) bond motifs is 1. The largest absolute Gasteiger partial charge is 0.419 e. The van der Waals surface area contributed by atoms with Crippen molar-refractivity contribution in [2.45, 2.75) is 30.2 Å². The Morgan fingerprint density at radius 1 is 1.22 bits per heavy atom. The number of aromatic nitrogens is 3. The van der Waals surface area contributed by atoms with Crippen molar-refractivity contribution in [3.05, 3.63) is 56.9 Å². The third-order valence-corrected chi connectivity index (χ3v) is 6.03. The van der Waals surface area contributed by atoms with Crippen molar-refractivity contribution in [3.63, 3.8) is 0 Å². The van der Waals surface area contributed by atoms with E-state index in [-0.39, 0.29) is 23.5 Å². The van der Waals surface area contributed by atoms with E-state index in [1.54, 1.807) is 6.07 Å². The average Bonchev–Trinajstić information content (AvgIpc) is 3.44. The van der Waals surface area contributed by atoms with E-state index < -0.39 is 15.8 Å². The molecule has 1 aliphatic carbocycles. The lowest BCUT2D eigenvalue weighted by Crippen LogP contribution is -2.32. The molecular formula is C17H18N4O5S. The highest BCUT2D eigenvalue weighted by molar-refractivity contribution is 7.89. The van der Waals surface area contributed by atoms with Gasteiger partial charge in [-0.25, -0.2) is 22.6 Å². The summed E-state index contributed by atoms with van der Waals surface area (Å²) in [6, 6.07) is 7.37. The monoisotopic (exact) mass is 390 g/mol. The maximum atomic E-state index is 12.5. The van der Waals surface area contributed by atoms with Crippen molar-refractivity contribution in [1.82, 2.24) is 19.1 Å². The van der Waals surface area contributed by atoms with Gasteiger partial charge in [0.2, 0.25) is 10.0 Å². The average molecular weight is 390 g/mol. The molecule has 1 aromatic carbocycles. The molecule has 1 aliphatic rings. The van der Waals surface area contributed by atoms with Crippen LogP contribution in [0.5, 0.6) is 0 Å². The quantitative estimate of drug-likeness (QED) is 0.657. The van der Waals surface area contributed by atoms with Gasteiger partial charge in [0.25, 0.3) is 5.56 Å². The van der Waals surface area contributed by atoms with Crippen molar-refractivity contribution < 1.29 is 12.8 Å². The fraction of sp³-hybridized carbons (Fsp3) is 0.353. The van der Waals surface area contributed by atoms with Crippen LogP contribution in [-0.4, -0.2) is 29.3 Å². The summed E-state index contributed by atoms with van der Waals surface area (Å²) in [5.74, 6) is -0.157. The van der Waals surface area contributed by atoms with Gasteiger partial charge in [-0.2, -0.15) is 5.10 Å². The molecule has 2 aromatic heterocycles. The van der Waals surface area contributed by atoms with Crippen LogP contribution >= 0.6 is 0 Å². The van der Waals surface area contributed by atoms with E-state index >= 15 is 0 Å². The van der Waals surface area contributed by atoms with Crippen LogP contribution in [-0.2, 0) is 23.6 Å². The fourth-order valence-corrected chi connectivity index (χ4v) is 3.91. The summed E-state index contributed by atoms with van der Waals surface area (Å²) in [4.78, 5) is 23.5. The second-order valence-corrected chi connectivity index (χ2v) is 8.32. The van der Waals surface area contributed by atoms with Gasteiger partial charge >= 0.3 is 5.76 Å². The molecule has 1 fully saturated rings. The van der Waals surface area contributed by atoms with Crippen molar-refractivity contribution >= 4 is 21.1 Å². The molecule has 0 amide bonds. The summed E-state index contributed by atoms with van der Waals surface area (Å²) in [5, 5.41) is 4.30. The van der Waals surface area contributed by atoms with Crippen LogP contribution in [0.3, 0.4) is 0 Å². The third kappa shape index (κ3) is 3.45. The van der Waals surface area contributed by atoms with Gasteiger partial charge < -0.3 is 4.42 Å². The molecule has 0 bridgehead atoms. The van der Waals surface area contributed by atoms with Gasteiger partial charge in [0.05, 0.1) is 22.7 Å². The number of nitrogens with zero attached hydrogens (tertiary/aromatic N) is 3. The Kier molecular flexibility index (Phi) is 4.23. The summed E-state index contributed by atoms with van der Waals surface area (Å²) in [6.07, 6.45) is 2.13. The lowest BCUT2D eigenvalue weighted by Gasteiger charge is -2.09. The zero-order valence-electron chi connectivity index (χ0n) is 14.6. The number of oxazole rings is 1. The Balaban J connectivity index is 1.51. The predicted molar refractivity (Wildman–Crippen MR) is 97.1 cm³/mol. The minimum Gasteiger partial charge on any atom is -0.408 e. The van der Waals surface area contributed by atoms with Crippen molar-refractivity contribution in [2.24, 2.45) is 7.05 Å². The SMILES string of the molecule is Cn1c(=O)oc2ccc(S(=O)(=O)NCCn3nc(C4CC4)ccc3=O)cc21. The fourth-order valence-electron chi connectivity index (χ4n) is 2.86. The molecule has 142 valence electrons. The van der Waals surface area contributed by atoms with Gasteiger partial charge in [0, 0.05) is 25.6 Å². The number of hydrogen-bond acceptors (Lipinski definition) is 6. The van der Waals surface area contributed by atoms with E-state index in [4.69, 9.17) is 4.42 Å². The second kappa shape index (κ2) is 6.46. The van der Waals surface area contributed by atoms with E-state index in [1.807, 2.05) is 0 Å². The minimum atomic E-state index is -3.81. The molecule has 3 aromatic rings. The lowest BCUT2D eigenvalue weighted by atomic mass is 10.3. The zero-order chi connectivity index (χ0) is 19.2. The normalized spacial score (nSPS) is 14.7. The van der Waals surface area contributed by atoms with Crippen molar-refractivity contribution in [3.8, 4) is 0 Å². The van der Waals surface area contributed by atoms with Crippen LogP contribution in [0, 0.1) is 0 Å². The van der Waals surface area contributed by atoms with Gasteiger partial charge in [-0.3, -0.25) is 9.36 Å². The highest BCUT2D eigenvalue weighted by atomic mass is 32.2. The molecule has 1 N–H and O–H groups in total. The molecule has 0 aliphatic heterocycles. The van der Waals surface area contributed by atoms with Gasteiger partial charge in [0.15, 0.2) is 5.58 Å². The minimum absolute atomic E-state index is 0.0124. The molecule has 1 saturated carbocycles. The molecule has 4 rings (SSSR count). The van der Waals surface area contributed by atoms with Gasteiger partial charge in [-0.1, -0.05) is 0 Å². The second-order valence-electron chi connectivity index (χ2n) is 6.55. The highest BCUT2D eigenvalue weighted by Crippen LogP contribution is 2.38. The highest BCUT2D eigenvalue weighted by Gasteiger charge is 2.25. The standard InChI is InChI=1S/C17H18N4O5S/c1-20-14-10-12(4-6-15(14)26-17(20)23)27(24,25)18-8-9-21-16(22)7-5-13(19-21)11-2-3-11/h4-7,10-11,18H,2-3,8-9H2,1H3. The Bertz CT molecular complexity index is 1230. The smallest absolute Gasteiger partial charge is 0.408 e. The van der Waals surface area contributed by atoms with E-state index in [0.29, 0.717) is 17.0 Å². The first kappa shape index (κ1) is 17.7. The first-order valence-corrected chi connectivity index (χ1v) is 10.0. The van der Waals surface area contributed by atoms with Crippen LogP contribution in [0.25, 0.3) is 11.1 Å². The summed E-state index contributed by atoms with van der Waals surface area (Å²) in [6.45, 7) is 0.150. The molecule has 0 spiro atoms. The van der Waals surface area contributed by atoms with Crippen molar-refractivity contribution in [1.29, 1.82) is 0 Å². The molecule has 10 heteroatoms. The summed E-state index contributed by atoms with van der Waals surface area (Å²) in [7, 11) is -2.30. The number of hydrogen-bond donors (Lipinski definition) is 1. The predicted octanol–water partition coefficient (Wildman–Crippen LogP) is 0.544. The van der Waals surface area contributed by atoms with Gasteiger partial charge in [-0.15, -0.1) is 0 Å². The molecule has 0 atom stereocenters. The maximum absolute atomic E-state index is 12.5. The van der Waals surface area contributed by atoms with E-state index in [2.05, 4.69) is 9.82 Å². The first-order chi connectivity index (χ1) is 12.8. The maximum Gasteiger partial charge on any atom is 0.419 e. The summed E-state index contributed by atoms with van der Waals surface area (Å²) >= 11 is 0.